The maximum Gasteiger partial charge on any atom is 0.325 e. The van der Waals surface area contributed by atoms with Crippen LogP contribution in [0.4, 0.5) is 5.82 Å². The van der Waals surface area contributed by atoms with Gasteiger partial charge in [0.2, 0.25) is 0 Å². The summed E-state index contributed by atoms with van der Waals surface area (Å²) in [6, 6.07) is 19.1. The smallest absolute Gasteiger partial charge is 0.325 e. The Morgan fingerprint density at radius 2 is 1.85 bits per heavy atom. The Labute approximate surface area is 197 Å². The number of carbonyl (C=O) groups excluding carboxylic acids is 2. The minimum Gasteiger partial charge on any atom is -0.468 e. The van der Waals surface area contributed by atoms with E-state index in [9.17, 15) is 9.59 Å². The molecule has 0 unspecified atom stereocenters. The van der Waals surface area contributed by atoms with E-state index in [-0.39, 0.29) is 12.5 Å². The van der Waals surface area contributed by atoms with Gasteiger partial charge in [-0.25, -0.2) is 4.98 Å². The Morgan fingerprint density at radius 3 is 2.62 bits per heavy atom. The summed E-state index contributed by atoms with van der Waals surface area (Å²) in [7, 11) is 1.34. The Balaban J connectivity index is 1.71. The molecule has 174 valence electrons. The summed E-state index contributed by atoms with van der Waals surface area (Å²) >= 11 is 0. The highest BCUT2D eigenvalue weighted by Gasteiger charge is 2.20. The van der Waals surface area contributed by atoms with Gasteiger partial charge in [-0.15, -0.1) is 0 Å². The van der Waals surface area contributed by atoms with E-state index < -0.39 is 5.97 Å². The van der Waals surface area contributed by atoms with Crippen LogP contribution in [0.25, 0.3) is 16.9 Å². The van der Waals surface area contributed by atoms with Crippen molar-refractivity contribution in [3.8, 4) is 11.3 Å². The first-order chi connectivity index (χ1) is 16.5. The number of ether oxygens (including phenoxy) is 1. The highest BCUT2D eigenvalue weighted by molar-refractivity contribution is 6.01. The van der Waals surface area contributed by atoms with Gasteiger partial charge in [-0.1, -0.05) is 48.5 Å². The molecule has 0 saturated heterocycles. The largest absolute Gasteiger partial charge is 0.468 e. The second-order valence-electron chi connectivity index (χ2n) is 7.88. The number of anilines is 1. The quantitative estimate of drug-likeness (QED) is 0.350. The summed E-state index contributed by atoms with van der Waals surface area (Å²) < 4.78 is 6.57. The van der Waals surface area contributed by atoms with Crippen molar-refractivity contribution in [1.82, 2.24) is 14.7 Å². The second kappa shape index (κ2) is 10.2. The molecule has 0 spiro atoms. The van der Waals surface area contributed by atoms with Crippen LogP contribution in [0.2, 0.25) is 0 Å². The monoisotopic (exact) mass is 457 g/mol. The van der Waals surface area contributed by atoms with E-state index in [2.05, 4.69) is 10.6 Å². The summed E-state index contributed by atoms with van der Waals surface area (Å²) in [5.74, 6) is -0.0381. The molecule has 0 saturated carbocycles. The molecule has 8 nitrogen and oxygen atoms in total. The van der Waals surface area contributed by atoms with Crippen LogP contribution in [-0.4, -0.2) is 34.9 Å². The zero-order valence-corrected chi connectivity index (χ0v) is 19.2. The average molecular weight is 458 g/mol. The van der Waals surface area contributed by atoms with E-state index in [1.807, 2.05) is 61.7 Å². The number of hydrogen-bond donors (Lipinski definition) is 3. The lowest BCUT2D eigenvalue weighted by Crippen LogP contribution is -2.23. The number of rotatable bonds is 8. The Hall–Kier alpha value is -4.17. The van der Waals surface area contributed by atoms with E-state index in [4.69, 9.17) is 15.5 Å². The molecule has 0 aliphatic heterocycles. The number of nitrogens with two attached hydrogens (primary N) is 1. The molecule has 0 bridgehead atoms. The maximum atomic E-state index is 13.1. The van der Waals surface area contributed by atoms with Gasteiger partial charge >= 0.3 is 5.97 Å². The van der Waals surface area contributed by atoms with Crippen molar-refractivity contribution in [2.24, 2.45) is 5.73 Å². The molecule has 2 aromatic carbocycles. The maximum absolute atomic E-state index is 13.1. The molecule has 0 fully saturated rings. The van der Waals surface area contributed by atoms with E-state index in [0.29, 0.717) is 35.8 Å². The number of methoxy groups -OCH3 is 1. The number of imidazole rings is 1. The number of amides is 1. The summed E-state index contributed by atoms with van der Waals surface area (Å²) in [6.07, 6.45) is 1.81. The normalized spacial score (nSPS) is 10.8. The molecule has 4 aromatic rings. The fourth-order valence-electron chi connectivity index (χ4n) is 3.81. The highest BCUT2D eigenvalue weighted by atomic mass is 16.5. The average Bonchev–Trinajstić information content (AvgIpc) is 3.24. The summed E-state index contributed by atoms with van der Waals surface area (Å²) in [6.45, 7) is 2.77. The number of nitrogens with zero attached hydrogens (tertiary/aromatic N) is 2. The first-order valence-corrected chi connectivity index (χ1v) is 11.0. The molecular formula is C26H27N5O3. The molecule has 0 radical (unpaired) electrons. The van der Waals surface area contributed by atoms with Gasteiger partial charge in [0.15, 0.2) is 5.65 Å². The van der Waals surface area contributed by atoms with Crippen molar-refractivity contribution in [1.29, 1.82) is 0 Å². The number of nitrogens with one attached hydrogen (secondary N) is 2. The van der Waals surface area contributed by atoms with E-state index >= 15 is 0 Å². The number of hydrogen-bond acceptors (Lipinski definition) is 6. The van der Waals surface area contributed by atoms with Crippen LogP contribution in [0.5, 0.6) is 0 Å². The van der Waals surface area contributed by atoms with Crippen LogP contribution in [0, 0.1) is 6.92 Å². The summed E-state index contributed by atoms with van der Waals surface area (Å²) in [5, 5.41) is 6.10. The third-order valence-corrected chi connectivity index (χ3v) is 5.60. The number of benzene rings is 2. The molecule has 0 atom stereocenters. The van der Waals surface area contributed by atoms with Crippen molar-refractivity contribution in [2.45, 2.75) is 20.0 Å². The van der Waals surface area contributed by atoms with Crippen LogP contribution in [0.3, 0.4) is 0 Å². The molecule has 4 N–H and O–H groups in total. The van der Waals surface area contributed by atoms with Gasteiger partial charge in [-0.3, -0.25) is 14.0 Å². The van der Waals surface area contributed by atoms with Gasteiger partial charge < -0.3 is 21.1 Å². The third kappa shape index (κ3) is 4.77. The van der Waals surface area contributed by atoms with Gasteiger partial charge in [0.1, 0.15) is 18.1 Å². The van der Waals surface area contributed by atoms with Gasteiger partial charge in [-0.05, 0) is 35.7 Å². The zero-order valence-electron chi connectivity index (χ0n) is 19.2. The van der Waals surface area contributed by atoms with Crippen molar-refractivity contribution in [3.63, 3.8) is 0 Å². The number of fused-ring (bicyclic) bond motifs is 1. The number of carbonyl (C=O) groups is 2. The van der Waals surface area contributed by atoms with Crippen LogP contribution in [0.1, 0.15) is 27.0 Å². The van der Waals surface area contributed by atoms with Crippen molar-refractivity contribution in [3.05, 3.63) is 89.1 Å². The van der Waals surface area contributed by atoms with Crippen LogP contribution in [-0.2, 0) is 22.6 Å². The number of aromatic nitrogens is 2. The summed E-state index contributed by atoms with van der Waals surface area (Å²) in [5.41, 5.74) is 11.2. The molecule has 4 rings (SSSR count). The lowest BCUT2D eigenvalue weighted by atomic mass is 10.1. The zero-order chi connectivity index (χ0) is 24.1. The molecular weight excluding hydrogens is 430 g/mol. The molecule has 2 heterocycles. The fraction of sp³-hybridized carbons (Fsp3) is 0.192. The van der Waals surface area contributed by atoms with Crippen LogP contribution < -0.4 is 16.4 Å². The number of pyridine rings is 1. The van der Waals surface area contributed by atoms with E-state index in [1.165, 1.54) is 7.11 Å². The lowest BCUT2D eigenvalue weighted by Gasteiger charge is -2.10. The van der Waals surface area contributed by atoms with Crippen LogP contribution in [0.15, 0.2) is 66.9 Å². The second-order valence-corrected chi connectivity index (χ2v) is 7.88. The van der Waals surface area contributed by atoms with Crippen LogP contribution >= 0.6 is 0 Å². The first kappa shape index (κ1) is 23.0. The summed E-state index contributed by atoms with van der Waals surface area (Å²) in [4.78, 5) is 29.8. The fourth-order valence-corrected chi connectivity index (χ4v) is 3.81. The Kier molecular flexibility index (Phi) is 6.89. The van der Waals surface area contributed by atoms with Crippen molar-refractivity contribution >= 4 is 23.3 Å². The SMILES string of the molecule is COC(=O)CNc1c(-c2ccccc2C)nc2c(C(=O)NCc3cccc(CN)c3)cccn12. The molecule has 34 heavy (non-hydrogen) atoms. The molecule has 1 amide bonds. The van der Waals surface area contributed by atoms with E-state index in [0.717, 1.165) is 22.3 Å². The Morgan fingerprint density at radius 1 is 1.06 bits per heavy atom. The van der Waals surface area contributed by atoms with Gasteiger partial charge in [0.05, 0.1) is 12.7 Å². The number of esters is 1. The predicted molar refractivity (Wildman–Crippen MR) is 131 cm³/mol. The van der Waals surface area contributed by atoms with Crippen molar-refractivity contribution < 1.29 is 14.3 Å². The highest BCUT2D eigenvalue weighted by Crippen LogP contribution is 2.32. The molecule has 2 aromatic heterocycles. The molecule has 0 aliphatic rings. The number of aryl methyl sites for hydroxylation is 1. The molecule has 8 heteroatoms. The van der Waals surface area contributed by atoms with Gasteiger partial charge in [0, 0.05) is 24.8 Å². The first-order valence-electron chi connectivity index (χ1n) is 11.0. The minimum absolute atomic E-state index is 0.0307. The predicted octanol–water partition coefficient (Wildman–Crippen LogP) is 3.28. The van der Waals surface area contributed by atoms with Gasteiger partial charge in [0.25, 0.3) is 5.91 Å². The molecule has 0 aliphatic carbocycles. The third-order valence-electron chi connectivity index (χ3n) is 5.60. The minimum atomic E-state index is -0.403. The van der Waals surface area contributed by atoms with Gasteiger partial charge in [-0.2, -0.15) is 0 Å². The van der Waals surface area contributed by atoms with E-state index in [1.54, 1.807) is 16.5 Å². The topological polar surface area (TPSA) is 111 Å². The Bertz CT molecular complexity index is 1350. The van der Waals surface area contributed by atoms with Crippen molar-refractivity contribution in [2.75, 3.05) is 19.0 Å². The lowest BCUT2D eigenvalue weighted by molar-refractivity contribution is -0.138. The standard InChI is InChI=1S/C26H27N5O3/c1-17-7-3-4-10-20(17)23-25(28-16-22(32)34-2)31-12-6-11-21(24(31)30-23)26(33)29-15-19-9-5-8-18(13-19)14-27/h3-13,28H,14-16,27H2,1-2H3,(H,29,33).